The third-order valence-corrected chi connectivity index (χ3v) is 5.46. The van der Waals surface area contributed by atoms with E-state index in [4.69, 9.17) is 19.9 Å². The SMILES string of the molecule is CCOCCNCCCOc1cc2ncc(C(N)=O)c(Nc3ccccc3CC)c2cc1OC. The molecule has 0 atom stereocenters. The Kier molecular flexibility index (Phi) is 9.49. The summed E-state index contributed by atoms with van der Waals surface area (Å²) in [4.78, 5) is 16.7. The molecule has 3 rings (SSSR count). The number of primary amides is 1. The molecule has 0 radical (unpaired) electrons. The molecule has 1 aromatic heterocycles. The lowest BCUT2D eigenvalue weighted by Gasteiger charge is -2.17. The zero-order chi connectivity index (χ0) is 24.3. The van der Waals surface area contributed by atoms with Crippen LogP contribution in [0.5, 0.6) is 11.5 Å². The second-order valence-corrected chi connectivity index (χ2v) is 7.72. The zero-order valence-electron chi connectivity index (χ0n) is 20.1. The molecule has 0 aliphatic carbocycles. The molecule has 0 aliphatic heterocycles. The summed E-state index contributed by atoms with van der Waals surface area (Å²) in [5.41, 5.74) is 9.30. The van der Waals surface area contributed by atoms with Gasteiger partial charge in [0.15, 0.2) is 11.5 Å². The monoisotopic (exact) mass is 466 g/mol. The molecule has 34 heavy (non-hydrogen) atoms. The second-order valence-electron chi connectivity index (χ2n) is 7.72. The minimum atomic E-state index is -0.554. The summed E-state index contributed by atoms with van der Waals surface area (Å²) in [5, 5.41) is 7.46. The summed E-state index contributed by atoms with van der Waals surface area (Å²) in [7, 11) is 1.59. The van der Waals surface area contributed by atoms with E-state index in [0.717, 1.165) is 49.2 Å². The average Bonchev–Trinajstić information content (AvgIpc) is 2.85. The summed E-state index contributed by atoms with van der Waals surface area (Å²) in [5.74, 6) is 0.609. The van der Waals surface area contributed by atoms with E-state index >= 15 is 0 Å². The number of aromatic nitrogens is 1. The van der Waals surface area contributed by atoms with Gasteiger partial charge in [0.2, 0.25) is 0 Å². The van der Waals surface area contributed by atoms with Crippen LogP contribution < -0.4 is 25.8 Å². The normalized spacial score (nSPS) is 10.9. The molecule has 8 nitrogen and oxygen atoms in total. The van der Waals surface area contributed by atoms with Gasteiger partial charge in [0.1, 0.15) is 0 Å². The van der Waals surface area contributed by atoms with Crippen LogP contribution in [-0.2, 0) is 11.2 Å². The fourth-order valence-corrected chi connectivity index (χ4v) is 3.67. The van der Waals surface area contributed by atoms with Crippen LogP contribution in [0.3, 0.4) is 0 Å². The van der Waals surface area contributed by atoms with Gasteiger partial charge in [-0.25, -0.2) is 0 Å². The molecule has 3 aromatic rings. The van der Waals surface area contributed by atoms with Gasteiger partial charge < -0.3 is 30.6 Å². The molecule has 2 aromatic carbocycles. The highest BCUT2D eigenvalue weighted by Gasteiger charge is 2.17. The maximum atomic E-state index is 12.2. The molecule has 0 spiro atoms. The molecule has 1 heterocycles. The lowest BCUT2D eigenvalue weighted by molar-refractivity contribution is 0.100. The minimum absolute atomic E-state index is 0.312. The van der Waals surface area contributed by atoms with Crippen molar-refractivity contribution in [3.8, 4) is 11.5 Å². The number of methoxy groups -OCH3 is 1. The number of ether oxygens (including phenoxy) is 3. The summed E-state index contributed by atoms with van der Waals surface area (Å²) >= 11 is 0. The van der Waals surface area contributed by atoms with E-state index in [0.29, 0.717) is 41.5 Å². The molecule has 0 saturated heterocycles. The Morgan fingerprint density at radius 2 is 1.91 bits per heavy atom. The first kappa shape index (κ1) is 25.3. The molecule has 0 bridgehead atoms. The van der Waals surface area contributed by atoms with Crippen LogP contribution in [0.25, 0.3) is 10.9 Å². The van der Waals surface area contributed by atoms with Crippen LogP contribution in [0, 0.1) is 0 Å². The number of nitrogens with zero attached hydrogens (tertiary/aromatic N) is 1. The van der Waals surface area contributed by atoms with Gasteiger partial charge in [0.25, 0.3) is 5.91 Å². The Bertz CT molecular complexity index is 1100. The van der Waals surface area contributed by atoms with Gasteiger partial charge >= 0.3 is 0 Å². The third kappa shape index (κ3) is 6.36. The van der Waals surface area contributed by atoms with E-state index in [1.807, 2.05) is 43.3 Å². The van der Waals surface area contributed by atoms with Crippen molar-refractivity contribution in [1.29, 1.82) is 0 Å². The highest BCUT2D eigenvalue weighted by Crippen LogP contribution is 2.37. The van der Waals surface area contributed by atoms with Gasteiger partial charge in [-0.05, 0) is 44.0 Å². The van der Waals surface area contributed by atoms with Crippen molar-refractivity contribution in [3.63, 3.8) is 0 Å². The number of benzene rings is 2. The number of para-hydroxylation sites is 1. The van der Waals surface area contributed by atoms with E-state index < -0.39 is 5.91 Å². The van der Waals surface area contributed by atoms with Crippen molar-refractivity contribution in [3.05, 3.63) is 53.7 Å². The number of carbonyl (C=O) groups excluding carboxylic acids is 1. The minimum Gasteiger partial charge on any atom is -0.493 e. The smallest absolute Gasteiger partial charge is 0.252 e. The fourth-order valence-electron chi connectivity index (χ4n) is 3.67. The maximum Gasteiger partial charge on any atom is 0.252 e. The summed E-state index contributed by atoms with van der Waals surface area (Å²) in [6.07, 6.45) is 3.18. The summed E-state index contributed by atoms with van der Waals surface area (Å²) < 4.78 is 16.9. The number of amides is 1. The number of hydrogen-bond donors (Lipinski definition) is 3. The quantitative estimate of drug-likeness (QED) is 0.308. The number of hydrogen-bond acceptors (Lipinski definition) is 7. The first-order valence-corrected chi connectivity index (χ1v) is 11.7. The van der Waals surface area contributed by atoms with Crippen molar-refractivity contribution in [2.75, 3.05) is 45.3 Å². The highest BCUT2D eigenvalue weighted by atomic mass is 16.5. The highest BCUT2D eigenvalue weighted by molar-refractivity contribution is 6.08. The van der Waals surface area contributed by atoms with Crippen LogP contribution in [0.1, 0.15) is 36.2 Å². The van der Waals surface area contributed by atoms with Gasteiger partial charge in [0, 0.05) is 36.5 Å². The number of nitrogens with one attached hydrogen (secondary N) is 2. The molecule has 0 saturated carbocycles. The predicted molar refractivity (Wildman–Crippen MR) is 135 cm³/mol. The fraction of sp³-hybridized carbons (Fsp3) is 0.385. The number of nitrogens with two attached hydrogens (primary N) is 1. The maximum absolute atomic E-state index is 12.2. The Labute approximate surface area is 200 Å². The lowest BCUT2D eigenvalue weighted by Crippen LogP contribution is -2.22. The van der Waals surface area contributed by atoms with Gasteiger partial charge in [-0.1, -0.05) is 25.1 Å². The molecular formula is C26H34N4O4. The Morgan fingerprint density at radius 3 is 2.65 bits per heavy atom. The first-order valence-electron chi connectivity index (χ1n) is 11.7. The number of rotatable bonds is 14. The Morgan fingerprint density at radius 1 is 1.09 bits per heavy atom. The van der Waals surface area contributed by atoms with Gasteiger partial charge in [-0.15, -0.1) is 0 Å². The van der Waals surface area contributed by atoms with Crippen molar-refractivity contribution in [2.24, 2.45) is 5.73 Å². The van der Waals surface area contributed by atoms with Crippen molar-refractivity contribution in [2.45, 2.75) is 26.7 Å². The molecule has 182 valence electrons. The molecule has 0 unspecified atom stereocenters. The molecule has 8 heteroatoms. The lowest BCUT2D eigenvalue weighted by atomic mass is 10.1. The Hall–Kier alpha value is -3.36. The average molecular weight is 467 g/mol. The second kappa shape index (κ2) is 12.8. The topological polar surface area (TPSA) is 108 Å². The molecule has 1 amide bonds. The molecule has 0 aliphatic rings. The number of aryl methyl sites for hydroxylation is 1. The molecule has 0 fully saturated rings. The van der Waals surface area contributed by atoms with Crippen LogP contribution in [0.15, 0.2) is 42.6 Å². The van der Waals surface area contributed by atoms with E-state index in [2.05, 4.69) is 22.5 Å². The number of carbonyl (C=O) groups is 1. The number of pyridine rings is 1. The van der Waals surface area contributed by atoms with Crippen LogP contribution >= 0.6 is 0 Å². The van der Waals surface area contributed by atoms with E-state index in [-0.39, 0.29) is 0 Å². The third-order valence-electron chi connectivity index (χ3n) is 5.46. The van der Waals surface area contributed by atoms with Gasteiger partial charge in [0.05, 0.1) is 37.1 Å². The predicted octanol–water partition coefficient (Wildman–Crippen LogP) is 4.04. The van der Waals surface area contributed by atoms with Crippen LogP contribution in [0.2, 0.25) is 0 Å². The zero-order valence-corrected chi connectivity index (χ0v) is 20.1. The molecular weight excluding hydrogens is 432 g/mol. The van der Waals surface area contributed by atoms with Crippen LogP contribution in [0.4, 0.5) is 11.4 Å². The van der Waals surface area contributed by atoms with Gasteiger partial charge in [-0.3, -0.25) is 9.78 Å². The van der Waals surface area contributed by atoms with E-state index in [1.54, 1.807) is 7.11 Å². The van der Waals surface area contributed by atoms with Crippen molar-refractivity contribution >= 4 is 28.2 Å². The largest absolute Gasteiger partial charge is 0.493 e. The summed E-state index contributed by atoms with van der Waals surface area (Å²) in [6, 6.07) is 11.6. The van der Waals surface area contributed by atoms with E-state index in [9.17, 15) is 4.79 Å². The standard InChI is InChI=1S/C26H34N4O4/c1-4-18-9-6-7-10-21(18)30-25-19-15-23(32-3)24(16-22(19)29-17-20(25)26(27)31)34-13-8-11-28-12-14-33-5-2/h6-7,9-10,15-17,28H,4-5,8,11-14H2,1-3H3,(H2,27,31)(H,29,30). The summed E-state index contributed by atoms with van der Waals surface area (Å²) in [6.45, 7) is 7.67. The number of fused-ring (bicyclic) bond motifs is 1. The Balaban J connectivity index is 1.84. The van der Waals surface area contributed by atoms with Gasteiger partial charge in [-0.2, -0.15) is 0 Å². The first-order chi connectivity index (χ1) is 16.6. The molecule has 4 N–H and O–H groups in total. The number of anilines is 2. The van der Waals surface area contributed by atoms with E-state index in [1.165, 1.54) is 6.20 Å². The van der Waals surface area contributed by atoms with Crippen molar-refractivity contribution in [1.82, 2.24) is 10.3 Å². The van der Waals surface area contributed by atoms with Crippen molar-refractivity contribution < 1.29 is 19.0 Å². The van der Waals surface area contributed by atoms with Crippen LogP contribution in [-0.4, -0.2) is 50.9 Å².